The van der Waals surface area contributed by atoms with Crippen LogP contribution in [0, 0.1) is 0 Å². The highest BCUT2D eigenvalue weighted by molar-refractivity contribution is 7.09. The first kappa shape index (κ1) is 12.5. The molecule has 0 aliphatic rings. The van der Waals surface area contributed by atoms with Crippen LogP contribution in [-0.2, 0) is 10.2 Å². The molecule has 5 heteroatoms. The highest BCUT2D eigenvalue weighted by Crippen LogP contribution is 2.29. The maximum absolute atomic E-state index is 11.3. The highest BCUT2D eigenvalue weighted by Gasteiger charge is 2.23. The Kier molecular flexibility index (Phi) is 3.73. The Morgan fingerprint density at radius 1 is 1.60 bits per heavy atom. The number of aromatic nitrogens is 1. The van der Waals surface area contributed by atoms with E-state index in [0.717, 1.165) is 5.01 Å². The molecule has 1 heterocycles. The molecule has 0 saturated heterocycles. The molecule has 0 saturated carbocycles. The minimum atomic E-state index is -0.692. The number of likely N-dealkylation sites (N-methyl/N-ethyl adjacent to an activating group) is 1. The molecule has 1 aromatic rings. The van der Waals surface area contributed by atoms with E-state index in [9.17, 15) is 4.79 Å². The van der Waals surface area contributed by atoms with Gasteiger partial charge < -0.3 is 5.32 Å². The summed E-state index contributed by atoms with van der Waals surface area (Å²) in [7, 11) is 1.56. The summed E-state index contributed by atoms with van der Waals surface area (Å²) in [6.07, 6.45) is 0. The lowest BCUT2D eigenvalue weighted by Gasteiger charge is -2.13. The third kappa shape index (κ3) is 2.92. The van der Waals surface area contributed by atoms with Crippen LogP contribution in [0.15, 0.2) is 5.38 Å². The molecule has 1 atom stereocenters. The second-order valence-corrected chi connectivity index (χ2v) is 5.60. The summed E-state index contributed by atoms with van der Waals surface area (Å²) < 4.78 is 0. The number of amides is 1. The van der Waals surface area contributed by atoms with E-state index in [-0.39, 0.29) is 11.3 Å². The number of thiazole rings is 1. The maximum atomic E-state index is 11.3. The minimum absolute atomic E-state index is 0.00220. The van der Waals surface area contributed by atoms with Gasteiger partial charge in [-0.15, -0.1) is 22.9 Å². The Morgan fingerprint density at radius 3 is 2.60 bits per heavy atom. The van der Waals surface area contributed by atoms with E-state index in [2.05, 4.69) is 31.1 Å². The lowest BCUT2D eigenvalue weighted by atomic mass is 9.98. The second kappa shape index (κ2) is 4.49. The topological polar surface area (TPSA) is 42.0 Å². The van der Waals surface area contributed by atoms with Crippen molar-refractivity contribution in [3.8, 4) is 0 Å². The smallest absolute Gasteiger partial charge is 0.243 e. The van der Waals surface area contributed by atoms with Gasteiger partial charge in [-0.3, -0.25) is 4.79 Å². The largest absolute Gasteiger partial charge is 0.358 e. The van der Waals surface area contributed by atoms with Crippen LogP contribution in [-0.4, -0.2) is 17.9 Å². The van der Waals surface area contributed by atoms with E-state index in [1.807, 2.05) is 5.38 Å². The minimum Gasteiger partial charge on any atom is -0.358 e. The number of carbonyl (C=O) groups is 1. The molecule has 0 bridgehead atoms. The third-order valence-electron chi connectivity index (χ3n) is 1.90. The van der Waals surface area contributed by atoms with Gasteiger partial charge in [0, 0.05) is 17.8 Å². The molecule has 1 aromatic heterocycles. The summed E-state index contributed by atoms with van der Waals surface area (Å²) in [4.78, 5) is 15.7. The van der Waals surface area contributed by atoms with Gasteiger partial charge in [0.15, 0.2) is 5.38 Å². The standard InChI is InChI=1S/C10H15ClN2OS/c1-10(2,3)9-13-6(5-15-9)7(11)8(14)12-4/h5,7H,1-4H3,(H,12,14). The molecule has 1 rings (SSSR count). The van der Waals surface area contributed by atoms with Crippen LogP contribution in [0.2, 0.25) is 0 Å². The lowest BCUT2D eigenvalue weighted by molar-refractivity contribution is -0.120. The van der Waals surface area contributed by atoms with E-state index in [1.165, 1.54) is 11.3 Å². The molecule has 0 aliphatic carbocycles. The monoisotopic (exact) mass is 246 g/mol. The lowest BCUT2D eigenvalue weighted by Crippen LogP contribution is -2.23. The molecule has 84 valence electrons. The van der Waals surface area contributed by atoms with Crippen molar-refractivity contribution in [3.63, 3.8) is 0 Å². The van der Waals surface area contributed by atoms with Crippen molar-refractivity contribution >= 4 is 28.8 Å². The fourth-order valence-electron chi connectivity index (χ4n) is 1.01. The van der Waals surface area contributed by atoms with Crippen LogP contribution in [0.25, 0.3) is 0 Å². The fraction of sp³-hybridized carbons (Fsp3) is 0.600. The third-order valence-corrected chi connectivity index (χ3v) is 3.61. The number of nitrogens with zero attached hydrogens (tertiary/aromatic N) is 1. The Hall–Kier alpha value is -0.610. The number of carbonyl (C=O) groups excluding carboxylic acids is 1. The summed E-state index contributed by atoms with van der Waals surface area (Å²) >= 11 is 7.49. The first-order chi connectivity index (χ1) is 6.86. The van der Waals surface area contributed by atoms with E-state index < -0.39 is 5.38 Å². The summed E-state index contributed by atoms with van der Waals surface area (Å²) in [5, 5.41) is 4.65. The van der Waals surface area contributed by atoms with Gasteiger partial charge in [-0.05, 0) is 0 Å². The zero-order valence-electron chi connectivity index (χ0n) is 9.30. The summed E-state index contributed by atoms with van der Waals surface area (Å²) in [6, 6.07) is 0. The Labute approximate surface area is 98.9 Å². The van der Waals surface area contributed by atoms with Crippen molar-refractivity contribution in [1.82, 2.24) is 10.3 Å². The average Bonchev–Trinajstić information content (AvgIpc) is 2.63. The number of nitrogens with one attached hydrogen (secondary N) is 1. The molecule has 0 fully saturated rings. The van der Waals surface area contributed by atoms with E-state index in [1.54, 1.807) is 7.05 Å². The first-order valence-corrected chi connectivity index (χ1v) is 5.99. The van der Waals surface area contributed by atoms with Crippen molar-refractivity contribution < 1.29 is 4.79 Å². The molecule has 0 aliphatic heterocycles. The van der Waals surface area contributed by atoms with Crippen molar-refractivity contribution in [1.29, 1.82) is 0 Å². The predicted octanol–water partition coefficient (Wildman–Crippen LogP) is 2.47. The first-order valence-electron chi connectivity index (χ1n) is 4.68. The predicted molar refractivity (Wildman–Crippen MR) is 63.5 cm³/mol. The summed E-state index contributed by atoms with van der Waals surface area (Å²) in [5.74, 6) is -0.220. The number of hydrogen-bond acceptors (Lipinski definition) is 3. The Balaban J connectivity index is 2.89. The van der Waals surface area contributed by atoms with Crippen LogP contribution in [0.1, 0.15) is 36.8 Å². The Bertz CT molecular complexity index is 357. The highest BCUT2D eigenvalue weighted by atomic mass is 35.5. The zero-order chi connectivity index (χ0) is 11.6. The normalized spacial score (nSPS) is 13.7. The van der Waals surface area contributed by atoms with Crippen LogP contribution < -0.4 is 5.32 Å². The molecule has 0 aromatic carbocycles. The van der Waals surface area contributed by atoms with E-state index in [0.29, 0.717) is 5.69 Å². The molecule has 1 amide bonds. The molecule has 0 radical (unpaired) electrons. The molecule has 0 spiro atoms. The van der Waals surface area contributed by atoms with Gasteiger partial charge in [-0.1, -0.05) is 20.8 Å². The average molecular weight is 247 g/mol. The van der Waals surface area contributed by atoms with Gasteiger partial charge >= 0.3 is 0 Å². The van der Waals surface area contributed by atoms with Crippen LogP contribution in [0.5, 0.6) is 0 Å². The van der Waals surface area contributed by atoms with Crippen molar-refractivity contribution in [3.05, 3.63) is 16.1 Å². The fourth-order valence-corrected chi connectivity index (χ4v) is 2.24. The van der Waals surface area contributed by atoms with Gasteiger partial charge in [0.25, 0.3) is 0 Å². The van der Waals surface area contributed by atoms with Crippen LogP contribution in [0.3, 0.4) is 0 Å². The van der Waals surface area contributed by atoms with Crippen molar-refractivity contribution in [2.24, 2.45) is 0 Å². The van der Waals surface area contributed by atoms with Gasteiger partial charge in [0.2, 0.25) is 5.91 Å². The number of hydrogen-bond donors (Lipinski definition) is 1. The maximum Gasteiger partial charge on any atom is 0.243 e. The molecule has 15 heavy (non-hydrogen) atoms. The SMILES string of the molecule is CNC(=O)C(Cl)c1csc(C(C)(C)C)n1. The molecule has 1 unspecified atom stereocenters. The number of halogens is 1. The van der Waals surface area contributed by atoms with E-state index >= 15 is 0 Å². The quantitative estimate of drug-likeness (QED) is 0.815. The number of rotatable bonds is 2. The second-order valence-electron chi connectivity index (χ2n) is 4.30. The molecular formula is C10H15ClN2OS. The van der Waals surface area contributed by atoms with Crippen molar-refractivity contribution in [2.45, 2.75) is 31.6 Å². The van der Waals surface area contributed by atoms with Crippen LogP contribution >= 0.6 is 22.9 Å². The summed E-state index contributed by atoms with van der Waals surface area (Å²) in [5.41, 5.74) is 0.633. The molecule has 3 nitrogen and oxygen atoms in total. The van der Waals surface area contributed by atoms with Crippen LogP contribution in [0.4, 0.5) is 0 Å². The van der Waals surface area contributed by atoms with E-state index in [4.69, 9.17) is 11.6 Å². The van der Waals surface area contributed by atoms with Gasteiger partial charge in [0.1, 0.15) is 0 Å². The van der Waals surface area contributed by atoms with Crippen molar-refractivity contribution in [2.75, 3.05) is 7.05 Å². The van der Waals surface area contributed by atoms with Gasteiger partial charge in [-0.25, -0.2) is 4.98 Å². The van der Waals surface area contributed by atoms with Gasteiger partial charge in [-0.2, -0.15) is 0 Å². The molecule has 1 N–H and O–H groups in total. The zero-order valence-corrected chi connectivity index (χ0v) is 10.9. The number of alkyl halides is 1. The van der Waals surface area contributed by atoms with Gasteiger partial charge in [0.05, 0.1) is 10.7 Å². The Morgan fingerprint density at radius 2 is 2.20 bits per heavy atom. The summed E-state index contributed by atoms with van der Waals surface area (Å²) in [6.45, 7) is 6.25. The molecular weight excluding hydrogens is 232 g/mol.